The van der Waals surface area contributed by atoms with Gasteiger partial charge in [0.2, 0.25) is 0 Å². The van der Waals surface area contributed by atoms with Gasteiger partial charge >= 0.3 is 0 Å². The SMILES string of the molecule is CP1OCCCO1.II. The van der Waals surface area contributed by atoms with Crippen molar-refractivity contribution in [2.24, 2.45) is 0 Å². The van der Waals surface area contributed by atoms with E-state index in [1.165, 1.54) is 0 Å². The molecule has 0 aromatic rings. The van der Waals surface area contributed by atoms with E-state index in [9.17, 15) is 0 Å². The zero-order chi connectivity index (χ0) is 7.11. The van der Waals surface area contributed by atoms with Gasteiger partial charge in [0.25, 0.3) is 0 Å². The summed E-state index contributed by atoms with van der Waals surface area (Å²) < 4.78 is 10.2. The summed E-state index contributed by atoms with van der Waals surface area (Å²) >= 11 is 4.24. The molecule has 2 nitrogen and oxygen atoms in total. The monoisotopic (exact) mass is 374 g/mol. The van der Waals surface area contributed by atoms with E-state index >= 15 is 0 Å². The molecule has 0 N–H and O–H groups in total. The highest BCUT2D eigenvalue weighted by Gasteiger charge is 2.06. The van der Waals surface area contributed by atoms with Crippen LogP contribution in [-0.2, 0) is 9.05 Å². The molecule has 1 rings (SSSR count). The topological polar surface area (TPSA) is 18.5 Å². The van der Waals surface area contributed by atoms with Gasteiger partial charge in [0.1, 0.15) is 0 Å². The van der Waals surface area contributed by atoms with Crippen molar-refractivity contribution in [3.05, 3.63) is 0 Å². The molecule has 1 heterocycles. The first kappa shape index (κ1) is 10.8. The zero-order valence-corrected chi connectivity index (χ0v) is 10.4. The molecule has 0 aromatic heterocycles. The van der Waals surface area contributed by atoms with Crippen LogP contribution in [0.25, 0.3) is 0 Å². The van der Waals surface area contributed by atoms with Gasteiger partial charge in [-0.05, 0) is 6.42 Å². The fourth-order valence-corrected chi connectivity index (χ4v) is 1.33. The molecule has 0 bridgehead atoms. The van der Waals surface area contributed by atoms with E-state index < -0.39 is 8.38 Å². The maximum atomic E-state index is 5.12. The first-order chi connectivity index (χ1) is 4.39. The van der Waals surface area contributed by atoms with Crippen LogP contribution in [-0.4, -0.2) is 19.9 Å². The maximum Gasteiger partial charge on any atom is 0.167 e. The molecule has 0 aliphatic carbocycles. The Balaban J connectivity index is 0.000000291. The van der Waals surface area contributed by atoms with Crippen LogP contribution < -0.4 is 0 Å². The Morgan fingerprint density at radius 3 is 1.89 bits per heavy atom. The quantitative estimate of drug-likeness (QED) is 0.480. The largest absolute Gasteiger partial charge is 0.334 e. The Bertz CT molecular complexity index is 58.5. The van der Waals surface area contributed by atoms with E-state index in [2.05, 4.69) is 37.2 Å². The molecule has 0 aromatic carbocycles. The molecule has 0 unspecified atom stereocenters. The van der Waals surface area contributed by atoms with Crippen molar-refractivity contribution in [3.8, 4) is 0 Å². The summed E-state index contributed by atoms with van der Waals surface area (Å²) in [6.45, 7) is 3.76. The highest BCUT2D eigenvalue weighted by atomic mass is 128. The van der Waals surface area contributed by atoms with Crippen LogP contribution in [0.5, 0.6) is 0 Å². The van der Waals surface area contributed by atoms with E-state index in [0.29, 0.717) is 0 Å². The summed E-state index contributed by atoms with van der Waals surface area (Å²) in [4.78, 5) is 0. The van der Waals surface area contributed by atoms with E-state index in [4.69, 9.17) is 9.05 Å². The van der Waals surface area contributed by atoms with Crippen LogP contribution in [0.2, 0.25) is 0 Å². The second-order valence-electron chi connectivity index (χ2n) is 1.46. The number of hydrogen-bond donors (Lipinski definition) is 0. The van der Waals surface area contributed by atoms with Crippen molar-refractivity contribution in [1.29, 1.82) is 0 Å². The smallest absolute Gasteiger partial charge is 0.167 e. The molecule has 1 fully saturated rings. The molecule has 1 saturated heterocycles. The van der Waals surface area contributed by atoms with Crippen molar-refractivity contribution >= 4 is 45.6 Å². The molecule has 9 heavy (non-hydrogen) atoms. The Hall–Kier alpha value is 1.81. The summed E-state index contributed by atoms with van der Waals surface area (Å²) in [6.07, 6.45) is 1.06. The van der Waals surface area contributed by atoms with Gasteiger partial charge in [-0.2, -0.15) is 0 Å². The minimum absolute atomic E-state index is 0.492. The van der Waals surface area contributed by atoms with Crippen molar-refractivity contribution < 1.29 is 9.05 Å². The molecule has 0 atom stereocenters. The van der Waals surface area contributed by atoms with Gasteiger partial charge in [-0.3, -0.25) is 0 Å². The summed E-state index contributed by atoms with van der Waals surface area (Å²) in [7, 11) is -0.492. The molecule has 0 saturated carbocycles. The Morgan fingerprint density at radius 1 is 1.22 bits per heavy atom. The summed E-state index contributed by atoms with van der Waals surface area (Å²) in [6, 6.07) is 0. The van der Waals surface area contributed by atoms with Crippen LogP contribution in [0.1, 0.15) is 6.42 Å². The molecular weight excluding hydrogens is 365 g/mol. The van der Waals surface area contributed by atoms with Crippen molar-refractivity contribution in [3.63, 3.8) is 0 Å². The van der Waals surface area contributed by atoms with Gasteiger partial charge in [-0.15, -0.1) is 0 Å². The summed E-state index contributed by atoms with van der Waals surface area (Å²) in [5.41, 5.74) is 0. The lowest BCUT2D eigenvalue weighted by Crippen LogP contribution is -2.03. The maximum absolute atomic E-state index is 5.12. The number of rotatable bonds is 0. The summed E-state index contributed by atoms with van der Waals surface area (Å²) in [5, 5.41) is 0. The van der Waals surface area contributed by atoms with Crippen molar-refractivity contribution in [1.82, 2.24) is 0 Å². The average Bonchev–Trinajstić information content (AvgIpc) is 1.94. The third-order valence-electron chi connectivity index (χ3n) is 0.835. The van der Waals surface area contributed by atoms with Crippen LogP contribution >= 0.6 is 45.6 Å². The Morgan fingerprint density at radius 2 is 1.67 bits per heavy atom. The van der Waals surface area contributed by atoms with Gasteiger partial charge in [0.15, 0.2) is 8.38 Å². The van der Waals surface area contributed by atoms with Crippen molar-refractivity contribution in [2.45, 2.75) is 6.42 Å². The van der Waals surface area contributed by atoms with Crippen LogP contribution in [0.3, 0.4) is 0 Å². The van der Waals surface area contributed by atoms with Gasteiger partial charge in [0.05, 0.1) is 13.2 Å². The molecule has 1 aliphatic rings. The van der Waals surface area contributed by atoms with Gasteiger partial charge in [-0.25, -0.2) is 0 Å². The van der Waals surface area contributed by atoms with Crippen LogP contribution in [0.4, 0.5) is 0 Å². The second kappa shape index (κ2) is 7.91. The number of hydrogen-bond acceptors (Lipinski definition) is 2. The minimum atomic E-state index is -0.492. The molecule has 5 heteroatoms. The first-order valence-electron chi connectivity index (χ1n) is 2.53. The molecule has 0 spiro atoms. The van der Waals surface area contributed by atoms with Gasteiger partial charge in [0, 0.05) is 43.9 Å². The van der Waals surface area contributed by atoms with E-state index in [-0.39, 0.29) is 0 Å². The van der Waals surface area contributed by atoms with Gasteiger partial charge < -0.3 is 9.05 Å². The van der Waals surface area contributed by atoms with Crippen LogP contribution in [0, 0.1) is 0 Å². The molecule has 0 radical (unpaired) electrons. The van der Waals surface area contributed by atoms with Crippen LogP contribution in [0.15, 0.2) is 0 Å². The van der Waals surface area contributed by atoms with Gasteiger partial charge in [-0.1, -0.05) is 0 Å². The summed E-state index contributed by atoms with van der Waals surface area (Å²) in [5.74, 6) is 0. The van der Waals surface area contributed by atoms with E-state index in [0.717, 1.165) is 19.6 Å². The minimum Gasteiger partial charge on any atom is -0.334 e. The fraction of sp³-hybridized carbons (Fsp3) is 1.00. The molecular formula is C4H9I2O2P. The predicted molar refractivity (Wildman–Crippen MR) is 57.4 cm³/mol. The Labute approximate surface area is 80.3 Å². The third kappa shape index (κ3) is 6.22. The normalized spacial score (nSPS) is 20.3. The van der Waals surface area contributed by atoms with E-state index in [1.807, 2.05) is 6.66 Å². The van der Waals surface area contributed by atoms with E-state index in [1.54, 1.807) is 0 Å². The second-order valence-corrected chi connectivity index (χ2v) is 2.86. The molecule has 56 valence electrons. The highest BCUT2D eigenvalue weighted by molar-refractivity contribution is 15.0. The molecule has 0 amide bonds. The standard InChI is InChI=1S/C4H9O2P.I2/c1-7-5-3-2-4-6-7;1-2/h2-4H2,1H3;. The first-order valence-corrected chi connectivity index (χ1v) is 10.4. The average molecular weight is 374 g/mol. The lowest BCUT2D eigenvalue weighted by Gasteiger charge is -2.17. The number of halogens is 2. The lowest BCUT2D eigenvalue weighted by atomic mass is 10.5. The third-order valence-corrected chi connectivity index (χ3v) is 1.93. The lowest BCUT2D eigenvalue weighted by molar-refractivity contribution is 0.185. The Kier molecular flexibility index (Phi) is 9.50. The predicted octanol–water partition coefficient (Wildman–Crippen LogP) is 3.14. The highest BCUT2D eigenvalue weighted by Crippen LogP contribution is 2.36. The zero-order valence-electron chi connectivity index (χ0n) is 5.14. The molecule has 1 aliphatic heterocycles. The fourth-order valence-electron chi connectivity index (χ4n) is 0.482. The van der Waals surface area contributed by atoms with Crippen molar-refractivity contribution in [2.75, 3.05) is 19.9 Å².